The van der Waals surface area contributed by atoms with Gasteiger partial charge in [0.15, 0.2) is 0 Å². The summed E-state index contributed by atoms with van der Waals surface area (Å²) in [6.07, 6.45) is 5.59. The second kappa shape index (κ2) is 7.53. The van der Waals surface area contributed by atoms with Crippen LogP contribution in [0.1, 0.15) is 35.6 Å². The van der Waals surface area contributed by atoms with Crippen LogP contribution in [0.2, 0.25) is 0 Å². The highest BCUT2D eigenvalue weighted by Gasteiger charge is 2.23. The number of aryl methyl sites for hydroxylation is 1. The number of nitrogens with one attached hydrogen (secondary N) is 1. The van der Waals surface area contributed by atoms with Crippen LogP contribution in [-0.4, -0.2) is 40.4 Å². The van der Waals surface area contributed by atoms with Gasteiger partial charge in [-0.2, -0.15) is 0 Å². The summed E-state index contributed by atoms with van der Waals surface area (Å²) < 4.78 is 0. The first-order valence-electron chi connectivity index (χ1n) is 8.48. The summed E-state index contributed by atoms with van der Waals surface area (Å²) in [6.45, 7) is 6.35. The molecule has 0 aliphatic carbocycles. The Morgan fingerprint density at radius 1 is 1.33 bits per heavy atom. The average molecular weight is 324 g/mol. The van der Waals surface area contributed by atoms with E-state index in [2.05, 4.69) is 33.2 Å². The Morgan fingerprint density at radius 3 is 3.00 bits per heavy atom. The van der Waals surface area contributed by atoms with Crippen molar-refractivity contribution in [3.8, 4) is 0 Å². The second-order valence-corrected chi connectivity index (χ2v) is 6.50. The van der Waals surface area contributed by atoms with Crippen molar-refractivity contribution in [2.24, 2.45) is 0 Å². The van der Waals surface area contributed by atoms with E-state index in [9.17, 15) is 4.79 Å². The van der Waals surface area contributed by atoms with Crippen molar-refractivity contribution in [1.82, 2.24) is 14.9 Å². The highest BCUT2D eigenvalue weighted by Crippen LogP contribution is 2.25. The quantitative estimate of drug-likeness (QED) is 0.939. The standard InChI is InChI=1S/C19H24N4O/c1-14-5-3-7-17(15(14)2)22-19(24)12-23-10-4-6-16(11-23)18-8-9-20-13-21-18/h3,5,7-9,13,16H,4,6,10-12H2,1-2H3,(H,22,24). The highest BCUT2D eigenvalue weighted by atomic mass is 16.2. The molecule has 0 saturated carbocycles. The lowest BCUT2D eigenvalue weighted by Crippen LogP contribution is -2.40. The summed E-state index contributed by atoms with van der Waals surface area (Å²) in [7, 11) is 0. The van der Waals surface area contributed by atoms with Gasteiger partial charge in [-0.15, -0.1) is 0 Å². The summed E-state index contributed by atoms with van der Waals surface area (Å²) in [5, 5.41) is 3.05. The normalized spacial score (nSPS) is 18.3. The number of rotatable bonds is 4. The molecule has 0 radical (unpaired) electrons. The van der Waals surface area contributed by atoms with E-state index in [1.807, 2.05) is 25.1 Å². The van der Waals surface area contributed by atoms with Crippen LogP contribution in [0, 0.1) is 13.8 Å². The number of carbonyl (C=O) groups excluding carboxylic acids is 1. The third-order valence-corrected chi connectivity index (χ3v) is 4.77. The Hall–Kier alpha value is -2.27. The number of benzene rings is 1. The largest absolute Gasteiger partial charge is 0.325 e. The van der Waals surface area contributed by atoms with E-state index >= 15 is 0 Å². The first-order chi connectivity index (χ1) is 11.6. The number of hydrogen-bond acceptors (Lipinski definition) is 4. The van der Waals surface area contributed by atoms with E-state index in [0.29, 0.717) is 12.5 Å². The van der Waals surface area contributed by atoms with Gasteiger partial charge in [0.2, 0.25) is 5.91 Å². The van der Waals surface area contributed by atoms with E-state index < -0.39 is 0 Å². The molecule has 0 spiro atoms. The highest BCUT2D eigenvalue weighted by molar-refractivity contribution is 5.93. The number of amides is 1. The third-order valence-electron chi connectivity index (χ3n) is 4.77. The van der Waals surface area contributed by atoms with Gasteiger partial charge in [-0.3, -0.25) is 9.69 Å². The number of hydrogen-bond donors (Lipinski definition) is 1. The van der Waals surface area contributed by atoms with Crippen molar-refractivity contribution < 1.29 is 4.79 Å². The van der Waals surface area contributed by atoms with Crippen molar-refractivity contribution in [2.75, 3.05) is 25.0 Å². The molecule has 126 valence electrons. The second-order valence-electron chi connectivity index (χ2n) is 6.50. The molecule has 1 amide bonds. The fourth-order valence-electron chi connectivity index (χ4n) is 3.26. The maximum absolute atomic E-state index is 12.4. The molecule has 1 saturated heterocycles. The van der Waals surface area contributed by atoms with Crippen LogP contribution in [-0.2, 0) is 4.79 Å². The van der Waals surface area contributed by atoms with Crippen LogP contribution in [0.4, 0.5) is 5.69 Å². The minimum absolute atomic E-state index is 0.0482. The molecule has 24 heavy (non-hydrogen) atoms. The van der Waals surface area contributed by atoms with E-state index in [4.69, 9.17) is 0 Å². The third kappa shape index (κ3) is 3.97. The molecule has 5 nitrogen and oxygen atoms in total. The zero-order valence-electron chi connectivity index (χ0n) is 14.3. The van der Waals surface area contributed by atoms with Gasteiger partial charge >= 0.3 is 0 Å². The van der Waals surface area contributed by atoms with Gasteiger partial charge in [0.05, 0.1) is 6.54 Å². The lowest BCUT2D eigenvalue weighted by atomic mass is 9.94. The van der Waals surface area contributed by atoms with Crippen molar-refractivity contribution in [3.63, 3.8) is 0 Å². The van der Waals surface area contributed by atoms with Gasteiger partial charge in [0, 0.05) is 30.0 Å². The molecule has 1 N–H and O–H groups in total. The Balaban J connectivity index is 1.59. The van der Waals surface area contributed by atoms with Crippen LogP contribution in [0.25, 0.3) is 0 Å². The number of anilines is 1. The van der Waals surface area contributed by atoms with E-state index in [-0.39, 0.29) is 5.91 Å². The summed E-state index contributed by atoms with van der Waals surface area (Å²) >= 11 is 0. The van der Waals surface area contributed by atoms with Crippen LogP contribution >= 0.6 is 0 Å². The fraction of sp³-hybridized carbons (Fsp3) is 0.421. The summed E-state index contributed by atoms with van der Waals surface area (Å²) in [6, 6.07) is 7.97. The number of likely N-dealkylation sites (tertiary alicyclic amines) is 1. The number of piperidine rings is 1. The van der Waals surface area contributed by atoms with Crippen LogP contribution in [0.5, 0.6) is 0 Å². The topological polar surface area (TPSA) is 58.1 Å². The van der Waals surface area contributed by atoms with Gasteiger partial charge in [-0.05, 0) is 56.5 Å². The number of aromatic nitrogens is 2. The minimum Gasteiger partial charge on any atom is -0.325 e. The molecule has 1 atom stereocenters. The minimum atomic E-state index is 0.0482. The smallest absolute Gasteiger partial charge is 0.238 e. The SMILES string of the molecule is Cc1cccc(NC(=O)CN2CCCC(c3ccncn3)C2)c1C. The molecule has 2 heterocycles. The van der Waals surface area contributed by atoms with Crippen LogP contribution < -0.4 is 5.32 Å². The molecule has 1 fully saturated rings. The average Bonchev–Trinajstić information content (AvgIpc) is 2.60. The molecule has 1 aliphatic heterocycles. The predicted octanol–water partition coefficient (Wildman–Crippen LogP) is 2.91. The fourth-order valence-corrected chi connectivity index (χ4v) is 3.26. The first kappa shape index (κ1) is 16.6. The maximum Gasteiger partial charge on any atom is 0.238 e. The van der Waals surface area contributed by atoms with Gasteiger partial charge in [-0.1, -0.05) is 12.1 Å². The number of carbonyl (C=O) groups is 1. The number of nitrogens with zero attached hydrogens (tertiary/aromatic N) is 3. The van der Waals surface area contributed by atoms with Crippen LogP contribution in [0.15, 0.2) is 36.8 Å². The van der Waals surface area contributed by atoms with E-state index in [1.165, 1.54) is 5.56 Å². The maximum atomic E-state index is 12.4. The molecule has 3 rings (SSSR count). The first-order valence-corrected chi connectivity index (χ1v) is 8.48. The summed E-state index contributed by atoms with van der Waals surface area (Å²) in [5.74, 6) is 0.433. The molecule has 0 bridgehead atoms. The predicted molar refractivity (Wildman–Crippen MR) is 95.0 cm³/mol. The van der Waals surface area contributed by atoms with E-state index in [1.54, 1.807) is 12.5 Å². The van der Waals surface area contributed by atoms with Crippen LogP contribution in [0.3, 0.4) is 0 Å². The lowest BCUT2D eigenvalue weighted by Gasteiger charge is -2.31. The molecule has 1 aromatic heterocycles. The van der Waals surface area contributed by atoms with Crippen molar-refractivity contribution in [3.05, 3.63) is 53.6 Å². The summed E-state index contributed by atoms with van der Waals surface area (Å²) in [4.78, 5) is 23.0. The molecular formula is C19H24N4O. The zero-order valence-corrected chi connectivity index (χ0v) is 14.3. The monoisotopic (exact) mass is 324 g/mol. The van der Waals surface area contributed by atoms with E-state index in [0.717, 1.165) is 42.9 Å². The van der Waals surface area contributed by atoms with Gasteiger partial charge in [0.1, 0.15) is 6.33 Å². The Morgan fingerprint density at radius 2 is 2.21 bits per heavy atom. The van der Waals surface area contributed by atoms with Gasteiger partial charge < -0.3 is 5.32 Å². The summed E-state index contributed by atoms with van der Waals surface area (Å²) in [5.41, 5.74) is 4.30. The molecule has 2 aromatic rings. The molecule has 5 heteroatoms. The molecular weight excluding hydrogens is 300 g/mol. The molecule has 1 unspecified atom stereocenters. The van der Waals surface area contributed by atoms with Crippen molar-refractivity contribution in [2.45, 2.75) is 32.6 Å². The van der Waals surface area contributed by atoms with Crippen molar-refractivity contribution >= 4 is 11.6 Å². The zero-order chi connectivity index (χ0) is 16.9. The lowest BCUT2D eigenvalue weighted by molar-refractivity contribution is -0.117. The molecule has 1 aliphatic rings. The van der Waals surface area contributed by atoms with Gasteiger partial charge in [0.25, 0.3) is 0 Å². The van der Waals surface area contributed by atoms with Gasteiger partial charge in [-0.25, -0.2) is 9.97 Å². The Labute approximate surface area is 143 Å². The molecule has 1 aromatic carbocycles. The Kier molecular flexibility index (Phi) is 5.20. The Bertz CT molecular complexity index is 702. The van der Waals surface area contributed by atoms with Crippen molar-refractivity contribution in [1.29, 1.82) is 0 Å².